The molecule has 3 aromatic carbocycles. The molecule has 2 N–H and O–H groups in total. The SMILES string of the molecule is CC[C@@H]1NCCN2c3nc(OC[C@@]45CCCN4C[C@H](F)C5)nc4c(F)c(-c5cc(O)cc6ccc(F)c(Cl)c56)c(Cl)c(c34)OC[C@H]12. The average Bonchev–Trinajstić information content (AvgIpc) is 3.50. The van der Waals surface area contributed by atoms with Gasteiger partial charge in [0.2, 0.25) is 0 Å². The highest BCUT2D eigenvalue weighted by Gasteiger charge is 2.49. The van der Waals surface area contributed by atoms with E-state index in [1.807, 2.05) is 0 Å². The maximum Gasteiger partial charge on any atom is 0.319 e. The summed E-state index contributed by atoms with van der Waals surface area (Å²) >= 11 is 13.5. The molecule has 0 radical (unpaired) electrons. The van der Waals surface area contributed by atoms with Crippen molar-refractivity contribution in [2.75, 3.05) is 44.3 Å². The number of ether oxygens (including phenoxy) is 2. The summed E-state index contributed by atoms with van der Waals surface area (Å²) in [5.41, 5.74) is -0.617. The molecule has 0 unspecified atom stereocenters. The molecule has 4 atom stereocenters. The maximum absolute atomic E-state index is 17.1. The van der Waals surface area contributed by atoms with E-state index in [4.69, 9.17) is 37.7 Å². The molecule has 4 aliphatic heterocycles. The summed E-state index contributed by atoms with van der Waals surface area (Å²) in [5, 5.41) is 14.7. The van der Waals surface area contributed by atoms with Gasteiger partial charge >= 0.3 is 6.01 Å². The minimum Gasteiger partial charge on any atom is -0.508 e. The molecule has 4 aliphatic rings. The van der Waals surface area contributed by atoms with Crippen LogP contribution in [0.1, 0.15) is 32.6 Å². The van der Waals surface area contributed by atoms with Crippen molar-refractivity contribution >= 4 is 50.7 Å². The molecule has 5 heterocycles. The number of rotatable bonds is 5. The highest BCUT2D eigenvalue weighted by molar-refractivity contribution is 6.39. The second-order valence-corrected chi connectivity index (χ2v) is 13.5. The molecule has 8 nitrogen and oxygen atoms in total. The quantitative estimate of drug-likeness (QED) is 0.244. The number of anilines is 1. The molecule has 3 fully saturated rings. The summed E-state index contributed by atoms with van der Waals surface area (Å²) in [4.78, 5) is 13.7. The van der Waals surface area contributed by atoms with Crippen LogP contribution in [0.3, 0.4) is 0 Å². The van der Waals surface area contributed by atoms with Crippen LogP contribution in [0.25, 0.3) is 32.8 Å². The van der Waals surface area contributed by atoms with Crippen LogP contribution >= 0.6 is 23.2 Å². The van der Waals surface area contributed by atoms with E-state index >= 15 is 4.39 Å². The molecular weight excluding hydrogens is 642 g/mol. The summed E-state index contributed by atoms with van der Waals surface area (Å²) in [6.07, 6.45) is 1.97. The Morgan fingerprint density at radius 3 is 2.83 bits per heavy atom. The van der Waals surface area contributed by atoms with Gasteiger partial charge in [-0.2, -0.15) is 9.97 Å². The third-order valence-corrected chi connectivity index (χ3v) is 10.9. The van der Waals surface area contributed by atoms with E-state index in [0.717, 1.165) is 25.8 Å². The zero-order valence-corrected chi connectivity index (χ0v) is 26.6. The number of halogens is 5. The van der Waals surface area contributed by atoms with Crippen LogP contribution in [0.4, 0.5) is 19.0 Å². The van der Waals surface area contributed by atoms with Crippen molar-refractivity contribution in [1.82, 2.24) is 20.2 Å². The number of alkyl halides is 1. The Morgan fingerprint density at radius 2 is 2.00 bits per heavy atom. The van der Waals surface area contributed by atoms with E-state index in [0.29, 0.717) is 42.6 Å². The Hall–Kier alpha value is -3.25. The first kappa shape index (κ1) is 30.1. The summed E-state index contributed by atoms with van der Waals surface area (Å²) in [7, 11) is 0. The van der Waals surface area contributed by atoms with Gasteiger partial charge in [0.15, 0.2) is 11.6 Å². The van der Waals surface area contributed by atoms with Crippen LogP contribution in [0.2, 0.25) is 10.0 Å². The number of fused-ring (bicyclic) bond motifs is 4. The van der Waals surface area contributed by atoms with E-state index in [9.17, 15) is 13.9 Å². The zero-order valence-electron chi connectivity index (χ0n) is 25.1. The first-order valence-corrected chi connectivity index (χ1v) is 16.4. The van der Waals surface area contributed by atoms with Gasteiger partial charge < -0.3 is 24.8 Å². The fraction of sp³-hybridized carbons (Fsp3) is 0.455. The van der Waals surface area contributed by atoms with E-state index in [1.54, 1.807) is 0 Å². The lowest BCUT2D eigenvalue weighted by molar-refractivity contribution is 0.107. The van der Waals surface area contributed by atoms with Gasteiger partial charge in [-0.05, 0) is 55.0 Å². The van der Waals surface area contributed by atoms with Crippen LogP contribution in [0.5, 0.6) is 17.5 Å². The lowest BCUT2D eigenvalue weighted by atomic mass is 9.95. The second-order valence-electron chi connectivity index (χ2n) is 12.7. The lowest BCUT2D eigenvalue weighted by Crippen LogP contribution is -2.60. The molecule has 0 aliphatic carbocycles. The van der Waals surface area contributed by atoms with Gasteiger partial charge in [0.25, 0.3) is 0 Å². The highest BCUT2D eigenvalue weighted by atomic mass is 35.5. The number of benzene rings is 3. The Morgan fingerprint density at radius 1 is 1.15 bits per heavy atom. The fourth-order valence-electron chi connectivity index (χ4n) is 8.05. The van der Waals surface area contributed by atoms with Crippen LogP contribution in [-0.4, -0.2) is 83.2 Å². The number of hydrogen-bond donors (Lipinski definition) is 2. The van der Waals surface area contributed by atoms with E-state index in [1.165, 1.54) is 24.3 Å². The molecule has 8 rings (SSSR count). The number of piperazine rings is 1. The molecule has 46 heavy (non-hydrogen) atoms. The smallest absolute Gasteiger partial charge is 0.319 e. The van der Waals surface area contributed by atoms with Gasteiger partial charge in [0.1, 0.15) is 42.3 Å². The lowest BCUT2D eigenvalue weighted by Gasteiger charge is -2.41. The van der Waals surface area contributed by atoms with Gasteiger partial charge in [0, 0.05) is 43.0 Å². The molecule has 0 amide bonds. The Bertz CT molecular complexity index is 1900. The van der Waals surface area contributed by atoms with E-state index < -0.39 is 23.3 Å². The Balaban J connectivity index is 1.35. The monoisotopic (exact) mass is 673 g/mol. The van der Waals surface area contributed by atoms with Gasteiger partial charge in [-0.15, -0.1) is 0 Å². The van der Waals surface area contributed by atoms with E-state index in [-0.39, 0.29) is 74.9 Å². The first-order valence-electron chi connectivity index (χ1n) is 15.7. The summed E-state index contributed by atoms with van der Waals surface area (Å²) < 4.78 is 59.1. The van der Waals surface area contributed by atoms with Gasteiger partial charge in [-0.25, -0.2) is 13.2 Å². The van der Waals surface area contributed by atoms with Crippen molar-refractivity contribution < 1.29 is 27.8 Å². The van der Waals surface area contributed by atoms with Crippen molar-refractivity contribution in [2.45, 2.75) is 56.4 Å². The van der Waals surface area contributed by atoms with Crippen molar-refractivity contribution in [3.63, 3.8) is 0 Å². The molecular formula is C33H32Cl2F3N5O3. The van der Waals surface area contributed by atoms with Crippen molar-refractivity contribution in [2.24, 2.45) is 0 Å². The number of phenols is 1. The standard InChI is InChI=1S/C33H32Cl2F3N5O3/c1-2-21-22-14-45-30-25-29(28(38)24(27(30)35)19-11-18(44)10-16-4-5-20(37)26(34)23(16)19)40-32(41-31(25)43(22)9-7-39-21)46-15-33-6-3-8-42(33)13-17(36)12-33/h4-5,10-11,17,21-22,39,44H,2-3,6-9,12-15H2,1H3/t17-,21+,22-,33+/m1/s1. The van der Waals surface area contributed by atoms with Gasteiger partial charge in [0.05, 0.1) is 27.0 Å². The topological polar surface area (TPSA) is 83.0 Å². The highest BCUT2D eigenvalue weighted by Crippen LogP contribution is 2.51. The summed E-state index contributed by atoms with van der Waals surface area (Å²) in [5.74, 6) is -1.09. The minimum absolute atomic E-state index is 0.0405. The Labute approximate surface area is 273 Å². The number of hydrogen-bond acceptors (Lipinski definition) is 8. The fourth-order valence-corrected chi connectivity index (χ4v) is 8.66. The molecule has 0 saturated carbocycles. The minimum atomic E-state index is -0.936. The third kappa shape index (κ3) is 4.57. The van der Waals surface area contributed by atoms with Crippen molar-refractivity contribution in [1.29, 1.82) is 0 Å². The summed E-state index contributed by atoms with van der Waals surface area (Å²) in [6.45, 7) is 4.89. The number of aromatic hydroxyl groups is 1. The van der Waals surface area contributed by atoms with Crippen LogP contribution in [-0.2, 0) is 0 Å². The van der Waals surface area contributed by atoms with Crippen LogP contribution in [0.15, 0.2) is 24.3 Å². The number of nitrogens with one attached hydrogen (secondary N) is 1. The molecule has 0 spiro atoms. The maximum atomic E-state index is 17.1. The molecule has 13 heteroatoms. The Kier molecular flexibility index (Phi) is 7.32. The zero-order chi connectivity index (χ0) is 31.9. The molecule has 4 aromatic rings. The second kappa shape index (κ2) is 11.2. The average molecular weight is 675 g/mol. The molecule has 3 saturated heterocycles. The third-order valence-electron chi connectivity index (χ3n) is 10.2. The van der Waals surface area contributed by atoms with Crippen molar-refractivity contribution in [3.8, 4) is 28.6 Å². The molecule has 1 aromatic heterocycles. The number of aromatic nitrogens is 2. The first-order chi connectivity index (χ1) is 22.2. The normalized spacial score (nSPS) is 25.9. The summed E-state index contributed by atoms with van der Waals surface area (Å²) in [6, 6.07) is 5.22. The van der Waals surface area contributed by atoms with E-state index in [2.05, 4.69) is 27.0 Å². The number of phenolic OH excluding ortho intramolecular Hbond substituents is 1. The van der Waals surface area contributed by atoms with Crippen LogP contribution in [0, 0.1) is 11.6 Å². The predicted molar refractivity (Wildman–Crippen MR) is 171 cm³/mol. The van der Waals surface area contributed by atoms with Gasteiger partial charge in [-0.3, -0.25) is 4.90 Å². The van der Waals surface area contributed by atoms with Crippen LogP contribution < -0.4 is 19.7 Å². The van der Waals surface area contributed by atoms with Gasteiger partial charge in [-0.1, -0.05) is 36.2 Å². The van der Waals surface area contributed by atoms with Crippen molar-refractivity contribution in [3.05, 3.63) is 45.9 Å². The molecule has 0 bridgehead atoms. The largest absolute Gasteiger partial charge is 0.508 e. The predicted octanol–water partition coefficient (Wildman–Crippen LogP) is 6.65. The number of nitrogens with zero attached hydrogens (tertiary/aromatic N) is 4. The molecule has 242 valence electrons.